The Kier molecular flexibility index (Phi) is 1.75. The van der Waals surface area contributed by atoms with Crippen molar-refractivity contribution in [2.75, 3.05) is 6.26 Å². The van der Waals surface area contributed by atoms with Gasteiger partial charge in [-0.2, -0.15) is 9.98 Å². The molecule has 0 aromatic heterocycles. The second kappa shape index (κ2) is 2.21. The lowest BCUT2D eigenvalue weighted by molar-refractivity contribution is 0.516. The summed E-state index contributed by atoms with van der Waals surface area (Å²) >= 11 is 0. The quantitative estimate of drug-likeness (QED) is 0.674. The minimum atomic E-state index is -3.27. The molecule has 1 saturated carbocycles. The molecule has 1 fully saturated rings. The van der Waals surface area contributed by atoms with Gasteiger partial charge in [-0.3, -0.25) is 0 Å². The van der Waals surface area contributed by atoms with Crippen LogP contribution in [0.5, 0.6) is 0 Å². The zero-order chi connectivity index (χ0) is 9.62. The summed E-state index contributed by atoms with van der Waals surface area (Å²) in [7, 11) is -3.27. The minimum absolute atomic E-state index is 0.231. The average molecular weight is 188 g/mol. The van der Waals surface area contributed by atoms with Crippen LogP contribution in [0, 0.1) is 16.7 Å². The number of nitrogens with zero attached hydrogens (tertiary/aromatic N) is 1. The van der Waals surface area contributed by atoms with Gasteiger partial charge in [0, 0.05) is 5.41 Å². The molecule has 0 radical (unpaired) electrons. The van der Waals surface area contributed by atoms with Crippen LogP contribution in [0.1, 0.15) is 20.3 Å². The Morgan fingerprint density at radius 2 is 1.92 bits per heavy atom. The molecular weight excluding hydrogens is 176 g/mol. The van der Waals surface area contributed by atoms with Crippen LogP contribution in [0.2, 0.25) is 0 Å². The Hall–Kier alpha value is -0.600. The first kappa shape index (κ1) is 9.49. The van der Waals surface area contributed by atoms with Gasteiger partial charge in [0.1, 0.15) is 5.54 Å². The predicted molar refractivity (Wildman–Crippen MR) is 44.7 cm³/mol. The highest BCUT2D eigenvalue weighted by Crippen LogP contribution is 2.55. The van der Waals surface area contributed by atoms with Gasteiger partial charge in [-0.25, -0.2) is 8.42 Å². The summed E-state index contributed by atoms with van der Waals surface area (Å²) in [5.74, 6) is 0. The van der Waals surface area contributed by atoms with Crippen molar-refractivity contribution in [1.29, 1.82) is 5.26 Å². The van der Waals surface area contributed by atoms with E-state index < -0.39 is 15.6 Å². The van der Waals surface area contributed by atoms with Gasteiger partial charge in [-0.05, 0) is 6.42 Å². The SMILES string of the molecule is CC1(C)CC1(C#N)NS(C)(=O)=O. The van der Waals surface area contributed by atoms with E-state index in [0.29, 0.717) is 6.42 Å². The lowest BCUT2D eigenvalue weighted by atomic mass is 10.1. The van der Waals surface area contributed by atoms with E-state index in [1.54, 1.807) is 0 Å². The molecule has 0 aromatic rings. The van der Waals surface area contributed by atoms with E-state index >= 15 is 0 Å². The molecule has 1 aliphatic rings. The number of rotatable bonds is 2. The molecule has 1 rings (SSSR count). The van der Waals surface area contributed by atoms with Crippen LogP contribution in [0.4, 0.5) is 0 Å². The van der Waals surface area contributed by atoms with Gasteiger partial charge in [0.25, 0.3) is 0 Å². The molecule has 0 aromatic carbocycles. The van der Waals surface area contributed by atoms with Gasteiger partial charge < -0.3 is 0 Å². The highest BCUT2D eigenvalue weighted by atomic mass is 32.2. The monoisotopic (exact) mass is 188 g/mol. The molecule has 0 aliphatic heterocycles. The Balaban J connectivity index is 2.85. The summed E-state index contributed by atoms with van der Waals surface area (Å²) in [6.07, 6.45) is 1.66. The molecule has 0 bridgehead atoms. The van der Waals surface area contributed by atoms with Crippen molar-refractivity contribution in [3.05, 3.63) is 0 Å². The number of nitrogens with one attached hydrogen (secondary N) is 1. The fraction of sp³-hybridized carbons (Fsp3) is 0.857. The second-order valence-corrected chi connectivity index (χ2v) is 5.70. The van der Waals surface area contributed by atoms with Crippen LogP contribution in [-0.4, -0.2) is 20.2 Å². The zero-order valence-electron chi connectivity index (χ0n) is 7.38. The molecule has 5 heteroatoms. The van der Waals surface area contributed by atoms with Crippen LogP contribution in [0.15, 0.2) is 0 Å². The lowest BCUT2D eigenvalue weighted by Crippen LogP contribution is -2.38. The molecule has 0 saturated heterocycles. The Bertz CT molecular complexity index is 339. The van der Waals surface area contributed by atoms with Gasteiger partial charge in [-0.15, -0.1) is 0 Å². The fourth-order valence-electron chi connectivity index (χ4n) is 1.32. The van der Waals surface area contributed by atoms with E-state index in [2.05, 4.69) is 4.72 Å². The van der Waals surface area contributed by atoms with Gasteiger partial charge in [0.2, 0.25) is 10.0 Å². The normalized spacial score (nSPS) is 32.5. The molecule has 1 aliphatic carbocycles. The summed E-state index contributed by atoms with van der Waals surface area (Å²) in [5.41, 5.74) is -1.09. The fourth-order valence-corrected chi connectivity index (χ4v) is 2.35. The van der Waals surface area contributed by atoms with E-state index in [1.165, 1.54) is 0 Å². The number of hydrogen-bond acceptors (Lipinski definition) is 3. The Morgan fingerprint density at radius 1 is 1.50 bits per heavy atom. The number of nitriles is 1. The zero-order valence-corrected chi connectivity index (χ0v) is 8.20. The largest absolute Gasteiger partial charge is 0.213 e. The van der Waals surface area contributed by atoms with Gasteiger partial charge in [-0.1, -0.05) is 13.8 Å². The number of hydrogen-bond donors (Lipinski definition) is 1. The van der Waals surface area contributed by atoms with Crippen molar-refractivity contribution < 1.29 is 8.42 Å². The summed E-state index contributed by atoms with van der Waals surface area (Å²) < 4.78 is 24.1. The van der Waals surface area contributed by atoms with Crippen molar-refractivity contribution in [1.82, 2.24) is 4.72 Å². The van der Waals surface area contributed by atoms with Crippen LogP contribution in [0.3, 0.4) is 0 Å². The standard InChI is InChI=1S/C7H12N2O2S/c1-6(2)4-7(6,5-8)9-12(3,10)11/h9H,4H2,1-3H3. The van der Waals surface area contributed by atoms with Crippen LogP contribution in [0.25, 0.3) is 0 Å². The van der Waals surface area contributed by atoms with Gasteiger partial charge in [0.15, 0.2) is 0 Å². The minimum Gasteiger partial charge on any atom is -0.213 e. The maximum absolute atomic E-state index is 10.9. The molecule has 4 nitrogen and oxygen atoms in total. The van der Waals surface area contributed by atoms with E-state index in [1.807, 2.05) is 19.9 Å². The van der Waals surface area contributed by atoms with Crippen molar-refractivity contribution >= 4 is 10.0 Å². The highest BCUT2D eigenvalue weighted by molar-refractivity contribution is 7.88. The first-order valence-electron chi connectivity index (χ1n) is 3.63. The molecule has 1 N–H and O–H groups in total. The second-order valence-electron chi connectivity index (χ2n) is 3.95. The third-order valence-electron chi connectivity index (χ3n) is 2.29. The molecule has 1 atom stereocenters. The smallest absolute Gasteiger partial charge is 0.210 e. The molecule has 12 heavy (non-hydrogen) atoms. The summed E-state index contributed by atoms with van der Waals surface area (Å²) in [4.78, 5) is 0. The van der Waals surface area contributed by atoms with E-state index in [0.717, 1.165) is 6.26 Å². The van der Waals surface area contributed by atoms with E-state index in [4.69, 9.17) is 5.26 Å². The summed E-state index contributed by atoms with van der Waals surface area (Å²) in [6.45, 7) is 3.74. The first-order valence-corrected chi connectivity index (χ1v) is 5.52. The third kappa shape index (κ3) is 1.45. The number of sulfonamides is 1. The van der Waals surface area contributed by atoms with Crippen LogP contribution >= 0.6 is 0 Å². The summed E-state index contributed by atoms with van der Waals surface area (Å²) in [6, 6.07) is 2.01. The first-order chi connectivity index (χ1) is 5.22. The maximum atomic E-state index is 10.9. The van der Waals surface area contributed by atoms with E-state index in [9.17, 15) is 8.42 Å². The van der Waals surface area contributed by atoms with Crippen molar-refractivity contribution in [2.45, 2.75) is 25.8 Å². The van der Waals surface area contributed by atoms with E-state index in [-0.39, 0.29) is 5.41 Å². The molecule has 0 heterocycles. The molecule has 68 valence electrons. The molecule has 1 unspecified atom stereocenters. The molecule has 0 amide bonds. The van der Waals surface area contributed by atoms with Crippen molar-refractivity contribution in [3.63, 3.8) is 0 Å². The highest BCUT2D eigenvalue weighted by Gasteiger charge is 2.63. The topological polar surface area (TPSA) is 70.0 Å². The van der Waals surface area contributed by atoms with Gasteiger partial charge in [0.05, 0.1) is 12.3 Å². The van der Waals surface area contributed by atoms with Crippen molar-refractivity contribution in [2.24, 2.45) is 5.41 Å². The third-order valence-corrected chi connectivity index (χ3v) is 3.01. The average Bonchev–Trinajstić information content (AvgIpc) is 2.30. The maximum Gasteiger partial charge on any atom is 0.210 e. The molecule has 0 spiro atoms. The predicted octanol–water partition coefficient (Wildman–Crippen LogP) is 0.228. The van der Waals surface area contributed by atoms with Crippen LogP contribution < -0.4 is 4.72 Å². The van der Waals surface area contributed by atoms with Crippen molar-refractivity contribution in [3.8, 4) is 6.07 Å². The Morgan fingerprint density at radius 3 is 2.00 bits per heavy atom. The molecular formula is C7H12N2O2S. The Labute approximate surface area is 72.6 Å². The van der Waals surface area contributed by atoms with Gasteiger partial charge >= 0.3 is 0 Å². The van der Waals surface area contributed by atoms with Crippen LogP contribution in [-0.2, 0) is 10.0 Å². The summed E-state index contributed by atoms with van der Waals surface area (Å²) in [5, 5.41) is 8.78. The lowest BCUT2D eigenvalue weighted by Gasteiger charge is -2.11.